The molecule has 20 heavy (non-hydrogen) atoms. The molecule has 0 aliphatic heterocycles. The Hall–Kier alpha value is -0.620. The lowest BCUT2D eigenvalue weighted by Gasteiger charge is -2.18. The Kier molecular flexibility index (Phi) is 6.45. The van der Waals surface area contributed by atoms with Gasteiger partial charge in [0.05, 0.1) is 17.6 Å². The van der Waals surface area contributed by atoms with Crippen LogP contribution >= 0.6 is 11.6 Å². The number of aryl methyl sites for hydroxylation is 1. The fraction of sp³-hybridized carbons (Fsp3) is 0.571. The lowest BCUT2D eigenvalue weighted by atomic mass is 10.1. The normalized spacial score (nSPS) is 12.3. The summed E-state index contributed by atoms with van der Waals surface area (Å²) in [7, 11) is -1.94. The lowest BCUT2D eigenvalue weighted by Crippen LogP contribution is -2.31. The van der Waals surface area contributed by atoms with Gasteiger partial charge in [-0.15, -0.1) is 11.6 Å². The summed E-state index contributed by atoms with van der Waals surface area (Å²) in [5.41, 5.74) is 1.82. The molecular formula is C14H22ClNO3S. The predicted molar refractivity (Wildman–Crippen MR) is 81.6 cm³/mol. The molecule has 0 bridgehead atoms. The molecule has 0 unspecified atom stereocenters. The van der Waals surface area contributed by atoms with Gasteiger partial charge in [0.1, 0.15) is 0 Å². The summed E-state index contributed by atoms with van der Waals surface area (Å²) in [6, 6.07) is 5.03. The SMILES string of the molecule is Cc1ccc(S(=O)(=O)N(C)CCOC(C)C)cc1CCl. The number of benzene rings is 1. The molecule has 114 valence electrons. The fourth-order valence-electron chi connectivity index (χ4n) is 1.67. The number of halogens is 1. The van der Waals surface area contributed by atoms with Crippen molar-refractivity contribution in [1.82, 2.24) is 4.31 Å². The molecule has 1 rings (SSSR count). The second-order valence-corrected chi connectivity index (χ2v) is 7.28. The van der Waals surface area contributed by atoms with Crippen molar-refractivity contribution in [2.45, 2.75) is 37.7 Å². The zero-order chi connectivity index (χ0) is 15.3. The zero-order valence-corrected chi connectivity index (χ0v) is 14.0. The largest absolute Gasteiger partial charge is 0.377 e. The van der Waals surface area contributed by atoms with Gasteiger partial charge in [-0.25, -0.2) is 8.42 Å². The highest BCUT2D eigenvalue weighted by molar-refractivity contribution is 7.89. The molecule has 0 aliphatic carbocycles. The lowest BCUT2D eigenvalue weighted by molar-refractivity contribution is 0.0737. The molecule has 0 aliphatic rings. The highest BCUT2D eigenvalue weighted by atomic mass is 35.5. The van der Waals surface area contributed by atoms with Crippen LogP contribution < -0.4 is 0 Å². The van der Waals surface area contributed by atoms with E-state index in [-0.39, 0.29) is 11.0 Å². The molecule has 0 heterocycles. The number of hydrogen-bond acceptors (Lipinski definition) is 3. The first-order valence-electron chi connectivity index (χ1n) is 6.52. The molecule has 0 aromatic heterocycles. The fourth-order valence-corrected chi connectivity index (χ4v) is 3.16. The molecule has 0 fully saturated rings. The topological polar surface area (TPSA) is 46.6 Å². The summed E-state index contributed by atoms with van der Waals surface area (Å²) >= 11 is 5.82. The number of nitrogens with zero attached hydrogens (tertiary/aromatic N) is 1. The Morgan fingerprint density at radius 2 is 2.00 bits per heavy atom. The molecule has 6 heteroatoms. The van der Waals surface area contributed by atoms with E-state index in [4.69, 9.17) is 16.3 Å². The summed E-state index contributed by atoms with van der Waals surface area (Å²) in [6.45, 7) is 6.45. The maximum Gasteiger partial charge on any atom is 0.242 e. The van der Waals surface area contributed by atoms with Crippen LogP contribution in [0.5, 0.6) is 0 Å². The van der Waals surface area contributed by atoms with E-state index >= 15 is 0 Å². The van der Waals surface area contributed by atoms with Crippen LogP contribution in [-0.4, -0.2) is 39.0 Å². The first kappa shape index (κ1) is 17.4. The Labute approximate surface area is 126 Å². The van der Waals surface area contributed by atoms with Gasteiger partial charge in [0, 0.05) is 19.5 Å². The summed E-state index contributed by atoms with van der Waals surface area (Å²) in [4.78, 5) is 0.269. The third-order valence-electron chi connectivity index (χ3n) is 3.03. The van der Waals surface area contributed by atoms with Crippen LogP contribution in [0.3, 0.4) is 0 Å². The van der Waals surface area contributed by atoms with Gasteiger partial charge in [0.2, 0.25) is 10.0 Å². The maximum atomic E-state index is 12.4. The number of rotatable bonds is 7. The summed E-state index contributed by atoms with van der Waals surface area (Å²) in [5, 5.41) is 0. The summed E-state index contributed by atoms with van der Waals surface area (Å²) < 4.78 is 31.5. The quantitative estimate of drug-likeness (QED) is 0.726. The third kappa shape index (κ3) is 4.45. The molecule has 0 N–H and O–H groups in total. The van der Waals surface area contributed by atoms with Crippen molar-refractivity contribution in [1.29, 1.82) is 0 Å². The number of sulfonamides is 1. The Balaban J connectivity index is 2.87. The van der Waals surface area contributed by atoms with Crippen LogP contribution in [0.1, 0.15) is 25.0 Å². The Bertz CT molecular complexity index is 543. The molecule has 0 spiro atoms. The second-order valence-electron chi connectivity index (χ2n) is 4.97. The molecule has 4 nitrogen and oxygen atoms in total. The number of hydrogen-bond donors (Lipinski definition) is 0. The number of alkyl halides is 1. The molecule has 0 saturated heterocycles. The smallest absolute Gasteiger partial charge is 0.242 e. The summed E-state index contributed by atoms with van der Waals surface area (Å²) in [5.74, 6) is 0.301. The van der Waals surface area contributed by atoms with Crippen LogP contribution in [0.4, 0.5) is 0 Å². The van der Waals surface area contributed by atoms with Crippen LogP contribution in [0.15, 0.2) is 23.1 Å². The van der Waals surface area contributed by atoms with E-state index in [1.54, 1.807) is 25.2 Å². The number of ether oxygens (including phenoxy) is 1. The van der Waals surface area contributed by atoms with Crippen molar-refractivity contribution in [3.8, 4) is 0 Å². The number of likely N-dealkylation sites (N-methyl/N-ethyl adjacent to an activating group) is 1. The van der Waals surface area contributed by atoms with Crippen molar-refractivity contribution in [2.24, 2.45) is 0 Å². The van der Waals surface area contributed by atoms with Crippen LogP contribution in [-0.2, 0) is 20.6 Å². The monoisotopic (exact) mass is 319 g/mol. The van der Waals surface area contributed by atoms with Crippen LogP contribution in [0.25, 0.3) is 0 Å². The van der Waals surface area contributed by atoms with E-state index in [2.05, 4.69) is 0 Å². The molecule has 1 aromatic carbocycles. The molecule has 1 aromatic rings. The molecule has 0 amide bonds. The minimum absolute atomic E-state index is 0.0910. The molecule has 0 radical (unpaired) electrons. The van der Waals surface area contributed by atoms with E-state index in [1.807, 2.05) is 20.8 Å². The van der Waals surface area contributed by atoms with Crippen molar-refractivity contribution >= 4 is 21.6 Å². The van der Waals surface area contributed by atoms with Gasteiger partial charge >= 0.3 is 0 Å². The van der Waals surface area contributed by atoms with Crippen molar-refractivity contribution in [3.05, 3.63) is 29.3 Å². The highest BCUT2D eigenvalue weighted by Crippen LogP contribution is 2.20. The second kappa shape index (κ2) is 7.41. The first-order valence-corrected chi connectivity index (χ1v) is 8.50. The van der Waals surface area contributed by atoms with E-state index in [1.165, 1.54) is 4.31 Å². The van der Waals surface area contributed by atoms with Gasteiger partial charge in [-0.2, -0.15) is 4.31 Å². The third-order valence-corrected chi connectivity index (χ3v) is 5.17. The van der Waals surface area contributed by atoms with Crippen molar-refractivity contribution < 1.29 is 13.2 Å². The standard InChI is InChI=1S/C14H22ClNO3S/c1-11(2)19-8-7-16(4)20(17,18)14-6-5-12(3)13(9-14)10-15/h5-6,9,11H,7-8,10H2,1-4H3. The van der Waals surface area contributed by atoms with Gasteiger partial charge in [-0.3, -0.25) is 0 Å². The van der Waals surface area contributed by atoms with Crippen molar-refractivity contribution in [3.63, 3.8) is 0 Å². The van der Waals surface area contributed by atoms with Crippen LogP contribution in [0, 0.1) is 6.92 Å². The molecular weight excluding hydrogens is 298 g/mol. The summed E-state index contributed by atoms with van der Waals surface area (Å²) in [6.07, 6.45) is 0.0910. The van der Waals surface area contributed by atoms with Gasteiger partial charge < -0.3 is 4.74 Å². The van der Waals surface area contributed by atoms with E-state index in [0.717, 1.165) is 11.1 Å². The van der Waals surface area contributed by atoms with Gasteiger partial charge in [0.15, 0.2) is 0 Å². The minimum atomic E-state index is -3.49. The Morgan fingerprint density at radius 3 is 2.55 bits per heavy atom. The predicted octanol–water partition coefficient (Wildman–Crippen LogP) is 2.78. The van der Waals surface area contributed by atoms with E-state index in [9.17, 15) is 8.42 Å². The first-order chi connectivity index (χ1) is 9.28. The van der Waals surface area contributed by atoms with E-state index in [0.29, 0.717) is 19.0 Å². The van der Waals surface area contributed by atoms with Gasteiger partial charge in [-0.1, -0.05) is 6.07 Å². The average Bonchev–Trinajstić information content (AvgIpc) is 2.38. The van der Waals surface area contributed by atoms with Gasteiger partial charge in [-0.05, 0) is 44.0 Å². The minimum Gasteiger partial charge on any atom is -0.377 e. The Morgan fingerprint density at radius 1 is 1.35 bits per heavy atom. The zero-order valence-electron chi connectivity index (χ0n) is 12.4. The highest BCUT2D eigenvalue weighted by Gasteiger charge is 2.21. The average molecular weight is 320 g/mol. The molecule has 0 saturated carbocycles. The van der Waals surface area contributed by atoms with E-state index < -0.39 is 10.0 Å². The molecule has 0 atom stereocenters. The van der Waals surface area contributed by atoms with Crippen molar-refractivity contribution in [2.75, 3.05) is 20.2 Å². The maximum absolute atomic E-state index is 12.4. The van der Waals surface area contributed by atoms with Gasteiger partial charge in [0.25, 0.3) is 0 Å². The van der Waals surface area contributed by atoms with Crippen LogP contribution in [0.2, 0.25) is 0 Å².